The second-order valence-electron chi connectivity index (χ2n) is 8.33. The topological polar surface area (TPSA) is 95.5 Å². The summed E-state index contributed by atoms with van der Waals surface area (Å²) >= 11 is 0. The van der Waals surface area contributed by atoms with E-state index in [1.165, 1.54) is 0 Å². The number of carboxylic acids is 1. The number of carbonyl (C=O) groups excluding carboxylic acids is 2. The molecule has 3 N–H and O–H groups in total. The van der Waals surface area contributed by atoms with Gasteiger partial charge in [-0.3, -0.25) is 14.4 Å². The molecule has 1 saturated carbocycles. The summed E-state index contributed by atoms with van der Waals surface area (Å²) in [7, 11) is 0. The van der Waals surface area contributed by atoms with Crippen molar-refractivity contribution in [3.05, 3.63) is 35.4 Å². The summed E-state index contributed by atoms with van der Waals surface area (Å²) in [5.41, 5.74) is 0.252. The van der Waals surface area contributed by atoms with Crippen LogP contribution in [0.4, 0.5) is 0 Å². The molecule has 1 fully saturated rings. The maximum atomic E-state index is 12.5. The Labute approximate surface area is 154 Å². The molecule has 1 aromatic rings. The number of rotatable bonds is 6. The fourth-order valence-corrected chi connectivity index (χ4v) is 3.22. The van der Waals surface area contributed by atoms with Crippen LogP contribution >= 0.6 is 0 Å². The third-order valence-electron chi connectivity index (χ3n) is 4.62. The average Bonchev–Trinajstić information content (AvgIpc) is 2.99. The van der Waals surface area contributed by atoms with E-state index in [0.717, 1.165) is 12.8 Å². The van der Waals surface area contributed by atoms with Gasteiger partial charge in [0.1, 0.15) is 0 Å². The van der Waals surface area contributed by atoms with Crippen LogP contribution in [0, 0.1) is 5.41 Å². The lowest BCUT2D eigenvalue weighted by molar-refractivity contribution is -0.138. The SMILES string of the molecule is CC(C)(C)CNC(=O)c1ccc(C(=O)NC2(CC(=O)O)CCCC2)cc1. The van der Waals surface area contributed by atoms with Crippen molar-refractivity contribution in [3.63, 3.8) is 0 Å². The number of nitrogens with one attached hydrogen (secondary N) is 2. The van der Waals surface area contributed by atoms with Crippen LogP contribution in [-0.2, 0) is 4.79 Å². The van der Waals surface area contributed by atoms with Gasteiger partial charge < -0.3 is 15.7 Å². The monoisotopic (exact) mass is 360 g/mol. The van der Waals surface area contributed by atoms with Gasteiger partial charge in [0, 0.05) is 17.7 Å². The van der Waals surface area contributed by atoms with E-state index in [0.29, 0.717) is 30.5 Å². The molecule has 6 heteroatoms. The van der Waals surface area contributed by atoms with Crippen molar-refractivity contribution in [3.8, 4) is 0 Å². The number of amides is 2. The smallest absolute Gasteiger partial charge is 0.305 e. The van der Waals surface area contributed by atoms with Crippen molar-refractivity contribution < 1.29 is 19.5 Å². The molecule has 2 rings (SSSR count). The summed E-state index contributed by atoms with van der Waals surface area (Å²) in [6.45, 7) is 6.68. The minimum atomic E-state index is -0.905. The largest absolute Gasteiger partial charge is 0.481 e. The molecule has 0 aliphatic heterocycles. The summed E-state index contributed by atoms with van der Waals surface area (Å²) in [4.78, 5) is 35.8. The fraction of sp³-hybridized carbons (Fsp3) is 0.550. The lowest BCUT2D eigenvalue weighted by atomic mass is 9.92. The second kappa shape index (κ2) is 7.89. The third kappa shape index (κ3) is 5.58. The third-order valence-corrected chi connectivity index (χ3v) is 4.62. The Hall–Kier alpha value is -2.37. The fourth-order valence-electron chi connectivity index (χ4n) is 3.22. The maximum absolute atomic E-state index is 12.5. The molecule has 0 bridgehead atoms. The van der Waals surface area contributed by atoms with E-state index in [-0.39, 0.29) is 23.7 Å². The molecule has 0 unspecified atom stereocenters. The van der Waals surface area contributed by atoms with Crippen molar-refractivity contribution in [1.82, 2.24) is 10.6 Å². The Kier molecular flexibility index (Phi) is 6.05. The molecule has 0 radical (unpaired) electrons. The van der Waals surface area contributed by atoms with Gasteiger partial charge in [-0.15, -0.1) is 0 Å². The molecule has 142 valence electrons. The highest BCUT2D eigenvalue weighted by Crippen LogP contribution is 2.33. The van der Waals surface area contributed by atoms with Crippen LogP contribution in [0.3, 0.4) is 0 Å². The Morgan fingerprint density at radius 1 is 1.00 bits per heavy atom. The maximum Gasteiger partial charge on any atom is 0.305 e. The van der Waals surface area contributed by atoms with Crippen LogP contribution in [0.5, 0.6) is 0 Å². The number of carboxylic acid groups (broad SMARTS) is 1. The number of aliphatic carboxylic acids is 1. The Bertz CT molecular complexity index is 668. The number of benzene rings is 1. The van der Waals surface area contributed by atoms with Crippen molar-refractivity contribution in [2.24, 2.45) is 5.41 Å². The van der Waals surface area contributed by atoms with Gasteiger partial charge in [-0.05, 0) is 42.5 Å². The molecule has 0 heterocycles. The minimum Gasteiger partial charge on any atom is -0.481 e. The van der Waals surface area contributed by atoms with Crippen LogP contribution in [0.25, 0.3) is 0 Å². The van der Waals surface area contributed by atoms with Crippen molar-refractivity contribution in [2.75, 3.05) is 6.54 Å². The molecule has 0 spiro atoms. The van der Waals surface area contributed by atoms with Gasteiger partial charge >= 0.3 is 5.97 Å². The van der Waals surface area contributed by atoms with Crippen molar-refractivity contribution >= 4 is 17.8 Å². The van der Waals surface area contributed by atoms with E-state index in [1.54, 1.807) is 24.3 Å². The number of hydrogen-bond donors (Lipinski definition) is 3. The van der Waals surface area contributed by atoms with Gasteiger partial charge in [0.15, 0.2) is 0 Å². The molecule has 6 nitrogen and oxygen atoms in total. The molecule has 1 aliphatic rings. The predicted octanol–water partition coefficient (Wildman–Crippen LogP) is 2.98. The summed E-state index contributed by atoms with van der Waals surface area (Å²) in [5, 5.41) is 14.9. The summed E-state index contributed by atoms with van der Waals surface area (Å²) in [5.74, 6) is -1.38. The highest BCUT2D eigenvalue weighted by molar-refractivity contribution is 5.98. The van der Waals surface area contributed by atoms with Crippen LogP contribution in [0.15, 0.2) is 24.3 Å². The van der Waals surface area contributed by atoms with Crippen LogP contribution in [0.2, 0.25) is 0 Å². The lowest BCUT2D eigenvalue weighted by Gasteiger charge is -2.28. The molecule has 0 aromatic heterocycles. The molecule has 1 aromatic carbocycles. The van der Waals surface area contributed by atoms with Gasteiger partial charge in [-0.1, -0.05) is 33.6 Å². The zero-order valence-corrected chi connectivity index (χ0v) is 15.7. The van der Waals surface area contributed by atoms with Crippen LogP contribution < -0.4 is 10.6 Å². The van der Waals surface area contributed by atoms with Crippen molar-refractivity contribution in [1.29, 1.82) is 0 Å². The highest BCUT2D eigenvalue weighted by atomic mass is 16.4. The van der Waals surface area contributed by atoms with Crippen LogP contribution in [-0.4, -0.2) is 35.0 Å². The Balaban J connectivity index is 2.02. The summed E-state index contributed by atoms with van der Waals surface area (Å²) in [6.07, 6.45) is 3.13. The molecule has 0 saturated heterocycles. The van der Waals surface area contributed by atoms with Gasteiger partial charge in [0.2, 0.25) is 0 Å². The first-order chi connectivity index (χ1) is 12.1. The van der Waals surface area contributed by atoms with Gasteiger partial charge in [0.25, 0.3) is 11.8 Å². The second-order valence-corrected chi connectivity index (χ2v) is 8.33. The number of hydrogen-bond acceptors (Lipinski definition) is 3. The van der Waals surface area contributed by atoms with E-state index < -0.39 is 11.5 Å². The van der Waals surface area contributed by atoms with Gasteiger partial charge in [-0.25, -0.2) is 0 Å². The normalized spacial score (nSPS) is 16.1. The molecular weight excluding hydrogens is 332 g/mol. The van der Waals surface area contributed by atoms with Gasteiger partial charge in [0.05, 0.1) is 12.0 Å². The Morgan fingerprint density at radius 2 is 1.50 bits per heavy atom. The molecule has 2 amide bonds. The predicted molar refractivity (Wildman–Crippen MR) is 99.1 cm³/mol. The summed E-state index contributed by atoms with van der Waals surface area (Å²) < 4.78 is 0. The van der Waals surface area contributed by atoms with Crippen LogP contribution in [0.1, 0.15) is 73.6 Å². The van der Waals surface area contributed by atoms with Crippen molar-refractivity contribution in [2.45, 2.75) is 58.4 Å². The zero-order chi connectivity index (χ0) is 19.4. The molecule has 1 aliphatic carbocycles. The van der Waals surface area contributed by atoms with E-state index in [2.05, 4.69) is 10.6 Å². The highest BCUT2D eigenvalue weighted by Gasteiger charge is 2.37. The van der Waals surface area contributed by atoms with Gasteiger partial charge in [-0.2, -0.15) is 0 Å². The Morgan fingerprint density at radius 3 is 1.96 bits per heavy atom. The number of carbonyl (C=O) groups is 3. The first-order valence-corrected chi connectivity index (χ1v) is 9.03. The van der Waals surface area contributed by atoms with E-state index in [1.807, 2.05) is 20.8 Å². The quantitative estimate of drug-likeness (QED) is 0.727. The first-order valence-electron chi connectivity index (χ1n) is 9.03. The molecular formula is C20H28N2O4. The zero-order valence-electron chi connectivity index (χ0n) is 15.7. The molecule has 26 heavy (non-hydrogen) atoms. The van der Waals surface area contributed by atoms with E-state index >= 15 is 0 Å². The standard InChI is InChI=1S/C20H28N2O4/c1-19(2,3)13-21-17(25)14-6-8-15(9-7-14)18(26)22-20(12-16(23)24)10-4-5-11-20/h6-9H,4-5,10-13H2,1-3H3,(H,21,25)(H,22,26)(H,23,24). The minimum absolute atomic E-state index is 0.00473. The average molecular weight is 360 g/mol. The summed E-state index contributed by atoms with van der Waals surface area (Å²) in [6, 6.07) is 6.44. The van der Waals surface area contributed by atoms with E-state index in [9.17, 15) is 14.4 Å². The molecule has 0 atom stereocenters. The lowest BCUT2D eigenvalue weighted by Crippen LogP contribution is -2.47. The first kappa shape index (κ1) is 19.9. The van der Waals surface area contributed by atoms with E-state index in [4.69, 9.17) is 5.11 Å².